The van der Waals surface area contributed by atoms with Gasteiger partial charge in [0.05, 0.1) is 12.7 Å². The van der Waals surface area contributed by atoms with E-state index in [1.165, 1.54) is 6.54 Å². The minimum Gasteiger partial charge on any atom is -0.375 e. The predicted octanol–water partition coefficient (Wildman–Crippen LogP) is 1.42. The Kier molecular flexibility index (Phi) is 6.73. The molecule has 96 valence electrons. The van der Waals surface area contributed by atoms with Crippen molar-refractivity contribution in [3.63, 3.8) is 0 Å². The Morgan fingerprint density at radius 1 is 1.44 bits per heavy atom. The van der Waals surface area contributed by atoms with E-state index in [9.17, 15) is 0 Å². The molecule has 1 fully saturated rings. The summed E-state index contributed by atoms with van der Waals surface area (Å²) in [6, 6.07) is 0.292. The van der Waals surface area contributed by atoms with Crippen molar-refractivity contribution < 1.29 is 4.74 Å². The quantitative estimate of drug-likeness (QED) is 0.769. The van der Waals surface area contributed by atoms with Gasteiger partial charge >= 0.3 is 0 Å². The van der Waals surface area contributed by atoms with Gasteiger partial charge in [-0.1, -0.05) is 13.8 Å². The van der Waals surface area contributed by atoms with Crippen molar-refractivity contribution >= 4 is 11.8 Å². The summed E-state index contributed by atoms with van der Waals surface area (Å²) in [6.07, 6.45) is 0.399. The molecule has 0 aliphatic carbocycles. The third-order valence-corrected chi connectivity index (χ3v) is 3.90. The number of hydrogen-bond donors (Lipinski definition) is 1. The van der Waals surface area contributed by atoms with Crippen molar-refractivity contribution in [3.05, 3.63) is 0 Å². The van der Waals surface area contributed by atoms with Crippen LogP contribution >= 0.6 is 11.8 Å². The minimum atomic E-state index is 0.292. The molecule has 1 aliphatic heterocycles. The van der Waals surface area contributed by atoms with Gasteiger partial charge in [-0.05, 0) is 12.8 Å². The Hall–Kier alpha value is 0.230. The van der Waals surface area contributed by atoms with Crippen LogP contribution in [0.5, 0.6) is 0 Å². The lowest BCUT2D eigenvalue weighted by Gasteiger charge is -2.33. The smallest absolute Gasteiger partial charge is 0.0792 e. The topological polar surface area (TPSA) is 38.5 Å². The molecule has 0 amide bonds. The summed E-state index contributed by atoms with van der Waals surface area (Å²) >= 11 is 1.91. The summed E-state index contributed by atoms with van der Waals surface area (Å²) in [4.78, 5) is 2.52. The Bertz CT molecular complexity index is 188. The van der Waals surface area contributed by atoms with Gasteiger partial charge in [0, 0.05) is 37.2 Å². The Morgan fingerprint density at radius 3 is 2.81 bits per heavy atom. The van der Waals surface area contributed by atoms with E-state index in [4.69, 9.17) is 10.5 Å². The van der Waals surface area contributed by atoms with Crippen LogP contribution in [0, 0.1) is 5.92 Å². The van der Waals surface area contributed by atoms with Crippen molar-refractivity contribution in [2.24, 2.45) is 11.7 Å². The molecule has 4 heteroatoms. The number of rotatable bonds is 6. The third kappa shape index (κ3) is 6.09. The molecule has 0 saturated carbocycles. The van der Waals surface area contributed by atoms with Crippen molar-refractivity contribution in [1.29, 1.82) is 0 Å². The second kappa shape index (κ2) is 7.54. The van der Waals surface area contributed by atoms with Crippen LogP contribution < -0.4 is 5.73 Å². The van der Waals surface area contributed by atoms with Gasteiger partial charge in [-0.3, -0.25) is 4.90 Å². The number of nitrogens with two attached hydrogens (primary N) is 1. The van der Waals surface area contributed by atoms with Crippen LogP contribution in [0.4, 0.5) is 0 Å². The van der Waals surface area contributed by atoms with Gasteiger partial charge in [0.1, 0.15) is 0 Å². The van der Waals surface area contributed by atoms with Crippen LogP contribution in [0.25, 0.3) is 0 Å². The first-order chi connectivity index (χ1) is 7.58. The zero-order valence-electron chi connectivity index (χ0n) is 10.8. The standard InChI is InChI=1S/C12H26N2OS/c1-10(2)6-14-4-5-15-12(7-14)9-16-8-11(3)13/h10-12H,4-9,13H2,1-3H3. The molecule has 0 aromatic carbocycles. The number of nitrogens with zero attached hydrogens (tertiary/aromatic N) is 1. The summed E-state index contributed by atoms with van der Waals surface area (Å²) < 4.78 is 5.77. The van der Waals surface area contributed by atoms with E-state index in [1.807, 2.05) is 11.8 Å². The van der Waals surface area contributed by atoms with Crippen LogP contribution in [0.15, 0.2) is 0 Å². The van der Waals surface area contributed by atoms with Crippen LogP contribution in [-0.2, 0) is 4.74 Å². The van der Waals surface area contributed by atoms with Gasteiger partial charge in [0.15, 0.2) is 0 Å². The Morgan fingerprint density at radius 2 is 2.19 bits per heavy atom. The molecule has 0 bridgehead atoms. The van der Waals surface area contributed by atoms with Gasteiger partial charge in [-0.25, -0.2) is 0 Å². The fraction of sp³-hybridized carbons (Fsp3) is 1.00. The normalized spacial score (nSPS) is 24.9. The maximum atomic E-state index is 5.77. The van der Waals surface area contributed by atoms with Crippen LogP contribution in [0.2, 0.25) is 0 Å². The van der Waals surface area contributed by atoms with E-state index >= 15 is 0 Å². The van der Waals surface area contributed by atoms with E-state index < -0.39 is 0 Å². The second-order valence-electron chi connectivity index (χ2n) is 5.16. The minimum absolute atomic E-state index is 0.292. The Labute approximate surface area is 104 Å². The molecule has 0 spiro atoms. The lowest BCUT2D eigenvalue weighted by atomic mass is 10.2. The van der Waals surface area contributed by atoms with Crippen molar-refractivity contribution in [2.75, 3.05) is 37.7 Å². The molecular weight excluding hydrogens is 220 g/mol. The summed E-state index contributed by atoms with van der Waals surface area (Å²) in [5.41, 5.74) is 5.73. The molecular formula is C12H26N2OS. The van der Waals surface area contributed by atoms with Crippen LogP contribution in [0.1, 0.15) is 20.8 Å². The number of hydrogen-bond acceptors (Lipinski definition) is 4. The molecule has 1 aliphatic rings. The molecule has 2 N–H and O–H groups in total. The molecule has 3 nitrogen and oxygen atoms in total. The van der Waals surface area contributed by atoms with E-state index in [0.717, 1.165) is 37.1 Å². The highest BCUT2D eigenvalue weighted by molar-refractivity contribution is 7.99. The van der Waals surface area contributed by atoms with Gasteiger partial charge < -0.3 is 10.5 Å². The van der Waals surface area contributed by atoms with Crippen LogP contribution in [-0.4, -0.2) is 54.8 Å². The Balaban J connectivity index is 2.17. The average Bonchev–Trinajstić information content (AvgIpc) is 2.16. The molecule has 2 atom stereocenters. The van der Waals surface area contributed by atoms with E-state index in [0.29, 0.717) is 12.1 Å². The molecule has 1 heterocycles. The van der Waals surface area contributed by atoms with Crippen molar-refractivity contribution in [2.45, 2.75) is 32.9 Å². The molecule has 1 saturated heterocycles. The molecule has 1 rings (SSSR count). The number of ether oxygens (including phenoxy) is 1. The highest BCUT2D eigenvalue weighted by Gasteiger charge is 2.20. The van der Waals surface area contributed by atoms with Crippen molar-refractivity contribution in [3.8, 4) is 0 Å². The maximum Gasteiger partial charge on any atom is 0.0792 e. The molecule has 0 aromatic rings. The fourth-order valence-electron chi connectivity index (χ4n) is 1.95. The van der Waals surface area contributed by atoms with Gasteiger partial charge in [-0.2, -0.15) is 11.8 Å². The van der Waals surface area contributed by atoms with Gasteiger partial charge in [0.25, 0.3) is 0 Å². The first-order valence-corrected chi connectivity index (χ1v) is 7.40. The fourth-order valence-corrected chi connectivity index (χ4v) is 2.92. The first kappa shape index (κ1) is 14.3. The van der Waals surface area contributed by atoms with Gasteiger partial charge in [-0.15, -0.1) is 0 Å². The van der Waals surface area contributed by atoms with E-state index in [1.54, 1.807) is 0 Å². The summed E-state index contributed by atoms with van der Waals surface area (Å²) in [5.74, 6) is 2.86. The molecule has 16 heavy (non-hydrogen) atoms. The number of morpholine rings is 1. The maximum absolute atomic E-state index is 5.77. The molecule has 0 radical (unpaired) electrons. The SMILES string of the molecule is CC(C)CN1CCOC(CSCC(C)N)C1. The van der Waals surface area contributed by atoms with Crippen LogP contribution in [0.3, 0.4) is 0 Å². The zero-order valence-corrected chi connectivity index (χ0v) is 11.6. The zero-order chi connectivity index (χ0) is 12.0. The third-order valence-electron chi connectivity index (χ3n) is 2.53. The average molecular weight is 246 g/mol. The van der Waals surface area contributed by atoms with Crippen molar-refractivity contribution in [1.82, 2.24) is 4.90 Å². The summed E-state index contributed by atoms with van der Waals surface area (Å²) in [7, 11) is 0. The highest BCUT2D eigenvalue weighted by Crippen LogP contribution is 2.13. The van der Waals surface area contributed by atoms with Gasteiger partial charge in [0.2, 0.25) is 0 Å². The molecule has 2 unspecified atom stereocenters. The highest BCUT2D eigenvalue weighted by atomic mass is 32.2. The first-order valence-electron chi connectivity index (χ1n) is 6.25. The number of thioether (sulfide) groups is 1. The largest absolute Gasteiger partial charge is 0.375 e. The predicted molar refractivity (Wildman–Crippen MR) is 72.0 cm³/mol. The summed E-state index contributed by atoms with van der Waals surface area (Å²) in [6.45, 7) is 10.9. The lowest BCUT2D eigenvalue weighted by Crippen LogP contribution is -2.45. The summed E-state index contributed by atoms with van der Waals surface area (Å²) in [5, 5.41) is 0. The van der Waals surface area contributed by atoms with E-state index in [2.05, 4.69) is 25.7 Å². The second-order valence-corrected chi connectivity index (χ2v) is 6.24. The van der Waals surface area contributed by atoms with E-state index in [-0.39, 0.29) is 0 Å². The monoisotopic (exact) mass is 246 g/mol. The molecule has 0 aromatic heterocycles. The lowest BCUT2D eigenvalue weighted by molar-refractivity contribution is -0.0191.